The van der Waals surface area contributed by atoms with Gasteiger partial charge in [0.2, 0.25) is 0 Å². The highest BCUT2D eigenvalue weighted by atomic mass is 32.2. The summed E-state index contributed by atoms with van der Waals surface area (Å²) in [6.45, 7) is 2.34. The second-order valence-corrected chi connectivity index (χ2v) is 9.07. The largest absolute Gasteiger partial charge is 0.317 e. The molecule has 28 heavy (non-hydrogen) atoms. The van der Waals surface area contributed by atoms with E-state index in [4.69, 9.17) is 0 Å². The molecule has 1 aliphatic heterocycles. The Labute approximate surface area is 164 Å². The normalized spacial score (nSPS) is 16.5. The number of rotatable bonds is 3. The fourth-order valence-corrected chi connectivity index (χ4v) is 5.46. The van der Waals surface area contributed by atoms with Crippen LogP contribution in [0.25, 0.3) is 10.9 Å². The van der Waals surface area contributed by atoms with E-state index in [0.717, 1.165) is 27.8 Å². The smallest absolute Gasteiger partial charge is 0.265 e. The molecule has 0 radical (unpaired) electrons. The molecule has 1 aliphatic rings. The van der Waals surface area contributed by atoms with Crippen LogP contribution in [0, 0.1) is 6.92 Å². The van der Waals surface area contributed by atoms with Crippen LogP contribution in [0.2, 0.25) is 0 Å². The van der Waals surface area contributed by atoms with E-state index in [9.17, 15) is 8.42 Å². The molecule has 5 rings (SSSR count). The summed E-state index contributed by atoms with van der Waals surface area (Å²) >= 11 is 0. The summed E-state index contributed by atoms with van der Waals surface area (Å²) < 4.78 is 30.6. The van der Waals surface area contributed by atoms with Crippen LogP contribution in [-0.2, 0) is 10.0 Å². The Kier molecular flexibility index (Phi) is 3.81. The Bertz CT molecular complexity index is 1260. The average molecular weight is 388 g/mol. The first-order chi connectivity index (χ1) is 13.6. The van der Waals surface area contributed by atoms with Crippen LogP contribution in [0.1, 0.15) is 17.2 Å². The fourth-order valence-electron chi connectivity index (χ4n) is 4.00. The van der Waals surface area contributed by atoms with Gasteiger partial charge in [0.15, 0.2) is 0 Å². The summed E-state index contributed by atoms with van der Waals surface area (Å²) in [5.41, 5.74) is 3.19. The fraction of sp³-hybridized carbons (Fsp3) is 0.130. The van der Waals surface area contributed by atoms with Crippen molar-refractivity contribution in [3.63, 3.8) is 0 Å². The molecule has 0 unspecified atom stereocenters. The monoisotopic (exact) mass is 388 g/mol. The highest BCUT2D eigenvalue weighted by molar-refractivity contribution is 7.92. The van der Waals surface area contributed by atoms with Crippen molar-refractivity contribution in [3.05, 3.63) is 96.1 Å². The zero-order valence-corrected chi connectivity index (χ0v) is 16.3. The van der Waals surface area contributed by atoms with E-state index < -0.39 is 10.0 Å². The van der Waals surface area contributed by atoms with E-state index >= 15 is 0 Å². The Hall–Kier alpha value is -3.05. The van der Waals surface area contributed by atoms with Crippen molar-refractivity contribution in [1.29, 1.82) is 0 Å². The van der Waals surface area contributed by atoms with Gasteiger partial charge in [0, 0.05) is 5.39 Å². The van der Waals surface area contributed by atoms with Crippen LogP contribution in [0.3, 0.4) is 0 Å². The highest BCUT2D eigenvalue weighted by Crippen LogP contribution is 2.41. The molecule has 0 saturated heterocycles. The summed E-state index contributed by atoms with van der Waals surface area (Å²) in [7, 11) is -3.64. The SMILES string of the molecule is Cc1ccc(S(=O)(=O)N2C[C@H](c3ccccc3)n3c2cc2ccccc23)cc1. The van der Waals surface area contributed by atoms with E-state index in [1.807, 2.05) is 61.5 Å². The van der Waals surface area contributed by atoms with Crippen molar-refractivity contribution >= 4 is 26.7 Å². The van der Waals surface area contributed by atoms with E-state index in [0.29, 0.717) is 11.4 Å². The Morgan fingerprint density at radius 1 is 0.857 bits per heavy atom. The van der Waals surface area contributed by atoms with Gasteiger partial charge in [-0.25, -0.2) is 12.7 Å². The minimum atomic E-state index is -3.64. The number of sulfonamides is 1. The van der Waals surface area contributed by atoms with Crippen LogP contribution >= 0.6 is 0 Å². The number of aryl methyl sites for hydroxylation is 1. The number of hydrogen-bond acceptors (Lipinski definition) is 2. The molecule has 0 amide bonds. The maximum absolute atomic E-state index is 13.5. The molecular formula is C23H20N2O2S. The van der Waals surface area contributed by atoms with Crippen molar-refractivity contribution < 1.29 is 8.42 Å². The highest BCUT2D eigenvalue weighted by Gasteiger charge is 2.38. The lowest BCUT2D eigenvalue weighted by Crippen LogP contribution is -2.30. The molecule has 1 atom stereocenters. The second-order valence-electron chi connectivity index (χ2n) is 7.21. The first-order valence-electron chi connectivity index (χ1n) is 9.30. The van der Waals surface area contributed by atoms with Gasteiger partial charge in [0.1, 0.15) is 5.82 Å². The standard InChI is InChI=1S/C23H20N2O2S/c1-17-11-13-20(14-12-17)28(26,27)24-16-22(18-7-3-2-4-8-18)25-21-10-6-5-9-19(21)15-23(24)25/h2-15,22H,16H2,1H3/t22-/m1/s1. The molecule has 4 nitrogen and oxygen atoms in total. The van der Waals surface area contributed by atoms with E-state index in [1.165, 1.54) is 0 Å². The minimum Gasteiger partial charge on any atom is -0.317 e. The van der Waals surface area contributed by atoms with E-state index in [1.54, 1.807) is 16.4 Å². The van der Waals surface area contributed by atoms with Crippen LogP contribution < -0.4 is 4.31 Å². The van der Waals surface area contributed by atoms with E-state index in [2.05, 4.69) is 22.8 Å². The summed E-state index contributed by atoms with van der Waals surface area (Å²) in [6.07, 6.45) is 0. The average Bonchev–Trinajstić information content (AvgIpc) is 3.26. The summed E-state index contributed by atoms with van der Waals surface area (Å²) in [4.78, 5) is 0.323. The van der Waals surface area contributed by atoms with Gasteiger partial charge >= 0.3 is 0 Å². The molecule has 140 valence electrons. The molecule has 0 spiro atoms. The van der Waals surface area contributed by atoms with Gasteiger partial charge in [0.25, 0.3) is 10.0 Å². The number of hydrogen-bond donors (Lipinski definition) is 0. The van der Waals surface area contributed by atoms with Gasteiger partial charge in [0.05, 0.1) is 23.0 Å². The first kappa shape index (κ1) is 17.1. The van der Waals surface area contributed by atoms with Crippen molar-refractivity contribution in [1.82, 2.24) is 4.57 Å². The Morgan fingerprint density at radius 3 is 2.29 bits per heavy atom. The lowest BCUT2D eigenvalue weighted by Gasteiger charge is -2.19. The lowest BCUT2D eigenvalue weighted by molar-refractivity contribution is 0.589. The number of para-hydroxylation sites is 1. The number of nitrogens with zero attached hydrogens (tertiary/aromatic N) is 2. The number of benzene rings is 3. The van der Waals surface area contributed by atoms with Gasteiger partial charge in [-0.15, -0.1) is 0 Å². The second kappa shape index (κ2) is 6.24. The summed E-state index contributed by atoms with van der Waals surface area (Å²) in [5, 5.41) is 1.04. The molecule has 0 saturated carbocycles. The van der Waals surface area contributed by atoms with Crippen molar-refractivity contribution in [2.24, 2.45) is 0 Å². The molecular weight excluding hydrogens is 368 g/mol. The van der Waals surface area contributed by atoms with Crippen molar-refractivity contribution in [3.8, 4) is 0 Å². The van der Waals surface area contributed by atoms with Crippen LogP contribution in [0.4, 0.5) is 5.82 Å². The van der Waals surface area contributed by atoms with Crippen LogP contribution in [0.15, 0.2) is 89.8 Å². The molecule has 3 aromatic carbocycles. The lowest BCUT2D eigenvalue weighted by atomic mass is 10.1. The number of fused-ring (bicyclic) bond motifs is 3. The zero-order valence-electron chi connectivity index (χ0n) is 15.5. The topological polar surface area (TPSA) is 42.3 Å². The quantitative estimate of drug-likeness (QED) is 0.508. The minimum absolute atomic E-state index is 0.0590. The predicted molar refractivity (Wildman–Crippen MR) is 112 cm³/mol. The molecule has 5 heteroatoms. The molecule has 1 aromatic heterocycles. The van der Waals surface area contributed by atoms with Gasteiger partial charge in [-0.3, -0.25) is 0 Å². The zero-order chi connectivity index (χ0) is 19.3. The third-order valence-electron chi connectivity index (χ3n) is 5.43. The molecule has 2 heterocycles. The van der Waals surface area contributed by atoms with Crippen LogP contribution in [-0.4, -0.2) is 19.5 Å². The molecule has 4 aromatic rings. The van der Waals surface area contributed by atoms with E-state index in [-0.39, 0.29) is 6.04 Å². The molecule has 0 N–H and O–H groups in total. The van der Waals surface area contributed by atoms with Crippen LogP contribution in [0.5, 0.6) is 0 Å². The third-order valence-corrected chi connectivity index (χ3v) is 7.21. The molecule has 0 fully saturated rings. The number of aromatic nitrogens is 1. The van der Waals surface area contributed by atoms with Crippen molar-refractivity contribution in [2.75, 3.05) is 10.8 Å². The predicted octanol–water partition coefficient (Wildman–Crippen LogP) is 4.75. The summed E-state index contributed by atoms with van der Waals surface area (Å²) in [5.74, 6) is 0.718. The third kappa shape index (κ3) is 2.54. The molecule has 0 aliphatic carbocycles. The molecule has 0 bridgehead atoms. The van der Waals surface area contributed by atoms with Gasteiger partial charge < -0.3 is 4.57 Å². The first-order valence-corrected chi connectivity index (χ1v) is 10.7. The summed E-state index contributed by atoms with van der Waals surface area (Å²) in [6, 6.07) is 27.1. The Morgan fingerprint density at radius 2 is 1.54 bits per heavy atom. The van der Waals surface area contributed by atoms with Gasteiger partial charge in [-0.2, -0.15) is 0 Å². The number of anilines is 1. The van der Waals surface area contributed by atoms with Gasteiger partial charge in [-0.05, 0) is 36.8 Å². The maximum Gasteiger partial charge on any atom is 0.265 e. The van der Waals surface area contributed by atoms with Gasteiger partial charge in [-0.1, -0.05) is 66.2 Å². The Balaban J connectivity index is 1.71. The maximum atomic E-state index is 13.5. The van der Waals surface area contributed by atoms with Crippen molar-refractivity contribution in [2.45, 2.75) is 17.9 Å².